The second kappa shape index (κ2) is 7.29. The van der Waals surface area contributed by atoms with Gasteiger partial charge in [-0.15, -0.1) is 0 Å². The fourth-order valence-corrected chi connectivity index (χ4v) is 1.64. The molecule has 1 N–H and O–H groups in total. The molecule has 0 heterocycles. The summed E-state index contributed by atoms with van der Waals surface area (Å²) in [5, 5.41) is 3.16. The molecular formula is C14H23NO. The van der Waals surface area contributed by atoms with Crippen LogP contribution in [0.1, 0.15) is 32.3 Å². The van der Waals surface area contributed by atoms with Crippen LogP contribution in [0.4, 0.5) is 0 Å². The standard InChI is InChI=1S/C14H23NO/c1-12(2)16-14-9-7-13(8-10-14)6-4-5-11-15-3/h7-10,12,15H,4-6,11H2,1-3H3. The van der Waals surface area contributed by atoms with E-state index in [-0.39, 0.29) is 6.10 Å². The summed E-state index contributed by atoms with van der Waals surface area (Å²) in [6.07, 6.45) is 3.89. The first-order chi connectivity index (χ1) is 7.72. The number of nitrogens with one attached hydrogen (secondary N) is 1. The number of unbranched alkanes of at least 4 members (excludes halogenated alkanes) is 1. The van der Waals surface area contributed by atoms with Crippen molar-refractivity contribution in [2.75, 3.05) is 13.6 Å². The third kappa shape index (κ3) is 5.17. The molecule has 0 saturated carbocycles. The summed E-state index contributed by atoms with van der Waals surface area (Å²) in [4.78, 5) is 0. The summed E-state index contributed by atoms with van der Waals surface area (Å²) in [6.45, 7) is 5.20. The zero-order valence-electron chi connectivity index (χ0n) is 10.6. The lowest BCUT2D eigenvalue weighted by atomic mass is 10.1. The Bertz CT molecular complexity index is 279. The summed E-state index contributed by atoms with van der Waals surface area (Å²) in [5.41, 5.74) is 1.40. The van der Waals surface area contributed by atoms with Gasteiger partial charge in [0, 0.05) is 0 Å². The molecule has 0 radical (unpaired) electrons. The van der Waals surface area contributed by atoms with Crippen LogP contribution >= 0.6 is 0 Å². The average molecular weight is 221 g/mol. The van der Waals surface area contributed by atoms with Gasteiger partial charge in [0.1, 0.15) is 5.75 Å². The minimum absolute atomic E-state index is 0.251. The van der Waals surface area contributed by atoms with Gasteiger partial charge < -0.3 is 10.1 Å². The summed E-state index contributed by atoms with van der Waals surface area (Å²) in [6, 6.07) is 8.45. The normalized spacial score (nSPS) is 10.8. The largest absolute Gasteiger partial charge is 0.491 e. The van der Waals surface area contributed by atoms with Crippen LogP contribution in [0.2, 0.25) is 0 Å². The number of benzene rings is 1. The summed E-state index contributed by atoms with van der Waals surface area (Å²) >= 11 is 0. The minimum Gasteiger partial charge on any atom is -0.491 e. The predicted octanol–water partition coefficient (Wildman–Crippen LogP) is 3.02. The van der Waals surface area contributed by atoms with Crippen molar-refractivity contribution in [3.05, 3.63) is 29.8 Å². The van der Waals surface area contributed by atoms with E-state index in [9.17, 15) is 0 Å². The monoisotopic (exact) mass is 221 g/mol. The Morgan fingerprint density at radius 1 is 1.12 bits per heavy atom. The molecule has 2 heteroatoms. The van der Waals surface area contributed by atoms with Gasteiger partial charge in [-0.05, 0) is 64.4 Å². The first-order valence-corrected chi connectivity index (χ1v) is 6.12. The summed E-state index contributed by atoms with van der Waals surface area (Å²) < 4.78 is 5.60. The van der Waals surface area contributed by atoms with E-state index in [1.54, 1.807) is 0 Å². The van der Waals surface area contributed by atoms with Crippen molar-refractivity contribution < 1.29 is 4.74 Å². The highest BCUT2D eigenvalue weighted by Gasteiger charge is 1.98. The molecule has 0 aliphatic rings. The number of ether oxygens (including phenoxy) is 1. The fraction of sp³-hybridized carbons (Fsp3) is 0.571. The number of rotatable bonds is 7. The van der Waals surface area contributed by atoms with E-state index in [1.165, 1.54) is 18.4 Å². The van der Waals surface area contributed by atoms with Crippen LogP contribution in [0.25, 0.3) is 0 Å². The smallest absolute Gasteiger partial charge is 0.119 e. The van der Waals surface area contributed by atoms with Crippen LogP contribution in [-0.2, 0) is 6.42 Å². The van der Waals surface area contributed by atoms with Crippen molar-refractivity contribution >= 4 is 0 Å². The van der Waals surface area contributed by atoms with Crippen LogP contribution in [0.5, 0.6) is 5.75 Å². The van der Waals surface area contributed by atoms with E-state index in [0.717, 1.165) is 18.7 Å². The maximum atomic E-state index is 5.60. The molecule has 0 spiro atoms. The molecular weight excluding hydrogens is 198 g/mol. The van der Waals surface area contributed by atoms with Gasteiger partial charge in [0.05, 0.1) is 6.10 Å². The highest BCUT2D eigenvalue weighted by atomic mass is 16.5. The first-order valence-electron chi connectivity index (χ1n) is 6.12. The molecule has 0 unspecified atom stereocenters. The molecule has 90 valence electrons. The van der Waals surface area contributed by atoms with E-state index < -0.39 is 0 Å². The third-order valence-corrected chi connectivity index (χ3v) is 2.44. The molecule has 0 bridgehead atoms. The molecule has 0 fully saturated rings. The minimum atomic E-state index is 0.251. The lowest BCUT2D eigenvalue weighted by Crippen LogP contribution is -2.07. The maximum absolute atomic E-state index is 5.60. The summed E-state index contributed by atoms with van der Waals surface area (Å²) in [7, 11) is 2.00. The Labute approximate surface area is 99.0 Å². The molecule has 1 aromatic rings. The predicted molar refractivity (Wildman–Crippen MR) is 69.1 cm³/mol. The Morgan fingerprint density at radius 2 is 1.81 bits per heavy atom. The molecule has 2 nitrogen and oxygen atoms in total. The first kappa shape index (κ1) is 13.0. The SMILES string of the molecule is CNCCCCc1ccc(OC(C)C)cc1. The van der Waals surface area contributed by atoms with Gasteiger partial charge in [-0.2, -0.15) is 0 Å². The number of hydrogen-bond acceptors (Lipinski definition) is 2. The summed E-state index contributed by atoms with van der Waals surface area (Å²) in [5.74, 6) is 0.967. The van der Waals surface area contributed by atoms with E-state index in [1.807, 2.05) is 20.9 Å². The lowest BCUT2D eigenvalue weighted by Gasteiger charge is -2.10. The van der Waals surface area contributed by atoms with Gasteiger partial charge >= 0.3 is 0 Å². The Balaban J connectivity index is 2.33. The van der Waals surface area contributed by atoms with E-state index in [0.29, 0.717) is 0 Å². The Hall–Kier alpha value is -1.02. The molecule has 1 rings (SSSR count). The molecule has 0 aromatic heterocycles. The van der Waals surface area contributed by atoms with Crippen molar-refractivity contribution in [1.82, 2.24) is 5.32 Å². The van der Waals surface area contributed by atoms with Gasteiger partial charge in [0.15, 0.2) is 0 Å². The van der Waals surface area contributed by atoms with Crippen LogP contribution < -0.4 is 10.1 Å². The maximum Gasteiger partial charge on any atom is 0.119 e. The van der Waals surface area contributed by atoms with Crippen molar-refractivity contribution in [1.29, 1.82) is 0 Å². The fourth-order valence-electron chi connectivity index (χ4n) is 1.64. The number of hydrogen-bond donors (Lipinski definition) is 1. The lowest BCUT2D eigenvalue weighted by molar-refractivity contribution is 0.242. The van der Waals surface area contributed by atoms with Crippen molar-refractivity contribution in [2.45, 2.75) is 39.2 Å². The van der Waals surface area contributed by atoms with E-state index in [4.69, 9.17) is 4.74 Å². The highest BCUT2D eigenvalue weighted by Crippen LogP contribution is 2.15. The van der Waals surface area contributed by atoms with Gasteiger partial charge in [0.25, 0.3) is 0 Å². The second-order valence-electron chi connectivity index (χ2n) is 4.37. The number of aryl methyl sites for hydroxylation is 1. The quantitative estimate of drug-likeness (QED) is 0.715. The van der Waals surface area contributed by atoms with Crippen molar-refractivity contribution in [3.63, 3.8) is 0 Å². The third-order valence-electron chi connectivity index (χ3n) is 2.44. The second-order valence-corrected chi connectivity index (χ2v) is 4.37. The van der Waals surface area contributed by atoms with Crippen LogP contribution in [-0.4, -0.2) is 19.7 Å². The molecule has 0 aliphatic heterocycles. The Morgan fingerprint density at radius 3 is 2.38 bits per heavy atom. The van der Waals surface area contributed by atoms with Gasteiger partial charge in [-0.3, -0.25) is 0 Å². The topological polar surface area (TPSA) is 21.3 Å². The highest BCUT2D eigenvalue weighted by molar-refractivity contribution is 5.27. The van der Waals surface area contributed by atoms with Gasteiger partial charge in [0.2, 0.25) is 0 Å². The molecule has 16 heavy (non-hydrogen) atoms. The molecule has 0 amide bonds. The zero-order chi connectivity index (χ0) is 11.8. The molecule has 0 saturated heterocycles. The van der Waals surface area contributed by atoms with E-state index >= 15 is 0 Å². The van der Waals surface area contributed by atoms with Gasteiger partial charge in [-0.25, -0.2) is 0 Å². The Kier molecular flexibility index (Phi) is 5.94. The van der Waals surface area contributed by atoms with Crippen LogP contribution in [0.3, 0.4) is 0 Å². The van der Waals surface area contributed by atoms with Crippen molar-refractivity contribution in [3.8, 4) is 5.75 Å². The van der Waals surface area contributed by atoms with Crippen LogP contribution in [0, 0.1) is 0 Å². The molecule has 0 aliphatic carbocycles. The van der Waals surface area contributed by atoms with Crippen LogP contribution in [0.15, 0.2) is 24.3 Å². The van der Waals surface area contributed by atoms with E-state index in [2.05, 4.69) is 29.6 Å². The van der Waals surface area contributed by atoms with Gasteiger partial charge in [-0.1, -0.05) is 12.1 Å². The van der Waals surface area contributed by atoms with Crippen molar-refractivity contribution in [2.24, 2.45) is 0 Å². The molecule has 0 atom stereocenters. The average Bonchev–Trinajstić information content (AvgIpc) is 2.26. The molecule has 1 aromatic carbocycles. The zero-order valence-corrected chi connectivity index (χ0v) is 10.6.